The Morgan fingerprint density at radius 2 is 1.89 bits per heavy atom. The van der Waals surface area contributed by atoms with E-state index in [9.17, 15) is 4.39 Å². The van der Waals surface area contributed by atoms with Gasteiger partial charge in [-0.2, -0.15) is 0 Å². The fourth-order valence-corrected chi connectivity index (χ4v) is 1.63. The first-order valence-electron chi connectivity index (χ1n) is 5.38. The Morgan fingerprint density at radius 1 is 1.17 bits per heavy atom. The fourth-order valence-electron chi connectivity index (χ4n) is 1.46. The standard InChI is InChI=1S/C14H11ClFNO/c15-14-6-3-12(16)7-11(14)9-17-8-10-1-4-13(18)5-2-10/h1-7,9,18H,8H2. The molecule has 18 heavy (non-hydrogen) atoms. The average Bonchev–Trinajstić information content (AvgIpc) is 2.36. The summed E-state index contributed by atoms with van der Waals surface area (Å²) < 4.78 is 13.0. The van der Waals surface area contributed by atoms with Gasteiger partial charge in [0.1, 0.15) is 11.6 Å². The smallest absolute Gasteiger partial charge is 0.123 e. The summed E-state index contributed by atoms with van der Waals surface area (Å²) in [5, 5.41) is 9.59. The van der Waals surface area contributed by atoms with Crippen molar-refractivity contribution in [3.05, 3.63) is 64.4 Å². The largest absolute Gasteiger partial charge is 0.508 e. The van der Waals surface area contributed by atoms with Crippen LogP contribution >= 0.6 is 11.6 Å². The highest BCUT2D eigenvalue weighted by Crippen LogP contribution is 2.15. The molecule has 0 aliphatic rings. The zero-order valence-electron chi connectivity index (χ0n) is 9.48. The van der Waals surface area contributed by atoms with E-state index in [-0.39, 0.29) is 11.6 Å². The van der Waals surface area contributed by atoms with E-state index in [0.29, 0.717) is 17.1 Å². The van der Waals surface area contributed by atoms with Gasteiger partial charge in [-0.25, -0.2) is 4.39 Å². The van der Waals surface area contributed by atoms with Gasteiger partial charge in [0.25, 0.3) is 0 Å². The van der Waals surface area contributed by atoms with Crippen molar-refractivity contribution in [2.24, 2.45) is 4.99 Å². The predicted octanol–water partition coefficient (Wildman–Crippen LogP) is 3.80. The van der Waals surface area contributed by atoms with E-state index in [1.807, 2.05) is 0 Å². The predicted molar refractivity (Wildman–Crippen MR) is 70.8 cm³/mol. The Kier molecular flexibility index (Phi) is 3.95. The van der Waals surface area contributed by atoms with Crippen LogP contribution < -0.4 is 0 Å². The van der Waals surface area contributed by atoms with E-state index < -0.39 is 0 Å². The van der Waals surface area contributed by atoms with Crippen molar-refractivity contribution >= 4 is 17.8 Å². The van der Waals surface area contributed by atoms with Crippen LogP contribution in [0, 0.1) is 5.82 Å². The summed E-state index contributed by atoms with van der Waals surface area (Å²) in [6, 6.07) is 10.9. The lowest BCUT2D eigenvalue weighted by molar-refractivity contribution is 0.475. The molecule has 0 saturated carbocycles. The number of aliphatic imine (C=N–C) groups is 1. The molecule has 2 rings (SSSR count). The van der Waals surface area contributed by atoms with Gasteiger partial charge in [-0.1, -0.05) is 23.7 Å². The Balaban J connectivity index is 2.07. The van der Waals surface area contributed by atoms with Crippen LogP contribution in [0.25, 0.3) is 0 Å². The minimum Gasteiger partial charge on any atom is -0.508 e. The molecular formula is C14H11ClFNO. The van der Waals surface area contributed by atoms with Crippen molar-refractivity contribution in [2.45, 2.75) is 6.54 Å². The summed E-state index contributed by atoms with van der Waals surface area (Å²) in [7, 11) is 0. The molecule has 0 unspecified atom stereocenters. The summed E-state index contributed by atoms with van der Waals surface area (Å²) in [6.07, 6.45) is 1.54. The molecular weight excluding hydrogens is 253 g/mol. The molecule has 0 spiro atoms. The summed E-state index contributed by atoms with van der Waals surface area (Å²) in [6.45, 7) is 0.452. The number of hydrogen-bond donors (Lipinski definition) is 1. The second-order valence-electron chi connectivity index (χ2n) is 3.80. The van der Waals surface area contributed by atoms with E-state index in [0.717, 1.165) is 5.56 Å². The number of nitrogens with zero attached hydrogens (tertiary/aromatic N) is 1. The molecule has 0 amide bonds. The van der Waals surface area contributed by atoms with E-state index in [1.54, 1.807) is 24.3 Å². The van der Waals surface area contributed by atoms with Gasteiger partial charge in [0.05, 0.1) is 6.54 Å². The molecule has 92 valence electrons. The van der Waals surface area contributed by atoms with Gasteiger partial charge in [0, 0.05) is 16.8 Å². The molecule has 4 heteroatoms. The average molecular weight is 264 g/mol. The summed E-state index contributed by atoms with van der Waals surface area (Å²) in [4.78, 5) is 4.19. The zero-order valence-corrected chi connectivity index (χ0v) is 10.2. The summed E-state index contributed by atoms with van der Waals surface area (Å²) >= 11 is 5.91. The lowest BCUT2D eigenvalue weighted by atomic mass is 10.2. The minimum absolute atomic E-state index is 0.218. The van der Waals surface area contributed by atoms with E-state index in [2.05, 4.69) is 4.99 Å². The summed E-state index contributed by atoms with van der Waals surface area (Å²) in [5.41, 5.74) is 1.51. The maximum atomic E-state index is 13.0. The SMILES string of the molecule is Oc1ccc(CN=Cc2cc(F)ccc2Cl)cc1. The maximum Gasteiger partial charge on any atom is 0.123 e. The number of phenols is 1. The number of phenolic OH excluding ortho intramolecular Hbond substituents is 1. The highest BCUT2D eigenvalue weighted by atomic mass is 35.5. The van der Waals surface area contributed by atoms with Crippen LogP contribution in [-0.4, -0.2) is 11.3 Å². The molecule has 0 heterocycles. The minimum atomic E-state index is -0.342. The van der Waals surface area contributed by atoms with Gasteiger partial charge < -0.3 is 5.11 Å². The fraction of sp³-hybridized carbons (Fsp3) is 0.0714. The van der Waals surface area contributed by atoms with E-state index in [4.69, 9.17) is 16.7 Å². The molecule has 2 aromatic rings. The molecule has 0 bridgehead atoms. The highest BCUT2D eigenvalue weighted by molar-refractivity contribution is 6.33. The monoisotopic (exact) mass is 263 g/mol. The van der Waals surface area contributed by atoms with Crippen LogP contribution in [0.1, 0.15) is 11.1 Å². The molecule has 0 aliphatic heterocycles. The summed E-state index contributed by atoms with van der Waals surface area (Å²) in [5.74, 6) is -0.124. The first-order chi connectivity index (χ1) is 8.65. The Labute approximate surface area is 109 Å². The molecule has 0 aliphatic carbocycles. The number of benzene rings is 2. The molecule has 1 N–H and O–H groups in total. The second kappa shape index (κ2) is 5.65. The third-order valence-electron chi connectivity index (χ3n) is 2.40. The molecule has 2 aromatic carbocycles. The molecule has 0 radical (unpaired) electrons. The Morgan fingerprint density at radius 3 is 2.61 bits per heavy atom. The molecule has 0 fully saturated rings. The zero-order chi connectivity index (χ0) is 13.0. The van der Waals surface area contributed by atoms with Crippen LogP contribution in [0.5, 0.6) is 5.75 Å². The third-order valence-corrected chi connectivity index (χ3v) is 2.74. The van der Waals surface area contributed by atoms with Gasteiger partial charge in [0.15, 0.2) is 0 Å². The first kappa shape index (κ1) is 12.6. The van der Waals surface area contributed by atoms with Crippen LogP contribution in [0.2, 0.25) is 5.02 Å². The van der Waals surface area contributed by atoms with E-state index in [1.165, 1.54) is 24.4 Å². The number of aromatic hydroxyl groups is 1. The van der Waals surface area contributed by atoms with Gasteiger partial charge in [-0.05, 0) is 35.9 Å². The van der Waals surface area contributed by atoms with Gasteiger partial charge in [-0.15, -0.1) is 0 Å². The lowest BCUT2D eigenvalue weighted by Crippen LogP contribution is -1.87. The van der Waals surface area contributed by atoms with Crippen molar-refractivity contribution in [1.82, 2.24) is 0 Å². The van der Waals surface area contributed by atoms with Crippen LogP contribution in [0.3, 0.4) is 0 Å². The van der Waals surface area contributed by atoms with Crippen molar-refractivity contribution in [2.75, 3.05) is 0 Å². The Hall–Kier alpha value is -1.87. The molecule has 0 aromatic heterocycles. The Bertz CT molecular complexity index is 567. The van der Waals surface area contributed by atoms with Crippen LogP contribution in [0.15, 0.2) is 47.5 Å². The molecule has 0 saturated heterocycles. The van der Waals surface area contributed by atoms with Crippen molar-refractivity contribution in [1.29, 1.82) is 0 Å². The van der Waals surface area contributed by atoms with Crippen LogP contribution in [-0.2, 0) is 6.54 Å². The topological polar surface area (TPSA) is 32.6 Å². The second-order valence-corrected chi connectivity index (χ2v) is 4.21. The third kappa shape index (κ3) is 3.31. The van der Waals surface area contributed by atoms with E-state index >= 15 is 0 Å². The van der Waals surface area contributed by atoms with Crippen LogP contribution in [0.4, 0.5) is 4.39 Å². The quantitative estimate of drug-likeness (QED) is 0.840. The first-order valence-corrected chi connectivity index (χ1v) is 5.76. The maximum absolute atomic E-state index is 13.0. The number of hydrogen-bond acceptors (Lipinski definition) is 2. The molecule has 0 atom stereocenters. The normalized spacial score (nSPS) is 11.0. The van der Waals surface area contributed by atoms with Gasteiger partial charge in [-0.3, -0.25) is 4.99 Å². The van der Waals surface area contributed by atoms with Crippen molar-refractivity contribution < 1.29 is 9.50 Å². The lowest BCUT2D eigenvalue weighted by Gasteiger charge is -1.99. The van der Waals surface area contributed by atoms with Crippen molar-refractivity contribution in [3.63, 3.8) is 0 Å². The number of halogens is 2. The van der Waals surface area contributed by atoms with Crippen molar-refractivity contribution in [3.8, 4) is 5.75 Å². The highest BCUT2D eigenvalue weighted by Gasteiger charge is 1.99. The molecule has 2 nitrogen and oxygen atoms in total. The number of rotatable bonds is 3. The van der Waals surface area contributed by atoms with Gasteiger partial charge in [0.2, 0.25) is 0 Å². The van der Waals surface area contributed by atoms with Gasteiger partial charge >= 0.3 is 0 Å².